The number of rotatable bonds is 6. The van der Waals surface area contributed by atoms with E-state index in [1.807, 2.05) is 56.0 Å². The van der Waals surface area contributed by atoms with Crippen LogP contribution in [0.5, 0.6) is 0 Å². The van der Waals surface area contributed by atoms with Crippen LogP contribution in [0, 0.1) is 13.8 Å². The van der Waals surface area contributed by atoms with Crippen LogP contribution >= 0.6 is 0 Å². The van der Waals surface area contributed by atoms with Gasteiger partial charge in [0.2, 0.25) is 11.8 Å². The van der Waals surface area contributed by atoms with Gasteiger partial charge in [0.05, 0.1) is 5.69 Å². The van der Waals surface area contributed by atoms with Crippen LogP contribution in [0.2, 0.25) is 0 Å². The van der Waals surface area contributed by atoms with Crippen molar-refractivity contribution < 1.29 is 9.59 Å². The normalized spacial score (nSPS) is 15.3. The molecule has 3 rings (SSSR count). The highest BCUT2D eigenvalue weighted by Crippen LogP contribution is 2.15. The van der Waals surface area contributed by atoms with Crippen molar-refractivity contribution in [2.75, 3.05) is 6.54 Å². The zero-order valence-electron chi connectivity index (χ0n) is 15.7. The van der Waals surface area contributed by atoms with Crippen LogP contribution in [0.3, 0.4) is 0 Å². The molecule has 2 heterocycles. The van der Waals surface area contributed by atoms with Crippen LogP contribution in [0.1, 0.15) is 48.3 Å². The quantitative estimate of drug-likeness (QED) is 0.867. The third kappa shape index (κ3) is 4.12. The Morgan fingerprint density at radius 3 is 2.50 bits per heavy atom. The molecule has 1 fully saturated rings. The monoisotopic (exact) mass is 354 g/mol. The number of aromatic nitrogens is 2. The number of nitrogens with zero attached hydrogens (tertiary/aromatic N) is 3. The molecular formula is C20H26N4O2. The molecule has 1 aromatic carbocycles. The van der Waals surface area contributed by atoms with Crippen LogP contribution in [-0.2, 0) is 22.7 Å². The van der Waals surface area contributed by atoms with E-state index in [0.717, 1.165) is 35.5 Å². The van der Waals surface area contributed by atoms with Gasteiger partial charge in [-0.2, -0.15) is 5.10 Å². The Morgan fingerprint density at radius 1 is 1.23 bits per heavy atom. The Kier molecular flexibility index (Phi) is 5.40. The zero-order chi connectivity index (χ0) is 18.7. The van der Waals surface area contributed by atoms with Crippen molar-refractivity contribution in [2.45, 2.75) is 52.7 Å². The smallest absolute Gasteiger partial charge is 0.244 e. The number of benzene rings is 1. The molecule has 0 aliphatic carbocycles. The van der Waals surface area contributed by atoms with Gasteiger partial charge in [-0.15, -0.1) is 0 Å². The minimum absolute atomic E-state index is 0.0528. The van der Waals surface area contributed by atoms with Gasteiger partial charge in [0.15, 0.2) is 0 Å². The highest BCUT2D eigenvalue weighted by atomic mass is 16.2. The van der Waals surface area contributed by atoms with E-state index in [2.05, 4.69) is 10.4 Å². The van der Waals surface area contributed by atoms with Crippen molar-refractivity contribution in [3.05, 3.63) is 52.8 Å². The Balaban J connectivity index is 1.53. The maximum Gasteiger partial charge on any atom is 0.244 e. The fourth-order valence-electron chi connectivity index (χ4n) is 3.34. The molecule has 0 spiro atoms. The van der Waals surface area contributed by atoms with E-state index in [-0.39, 0.29) is 17.9 Å². The SMILES string of the molecule is Cc1cc(C)n([C@H](C)C(=O)NCc2ccc(CN3CCCC3=O)cc2)n1. The highest BCUT2D eigenvalue weighted by molar-refractivity contribution is 5.80. The predicted molar refractivity (Wildman–Crippen MR) is 99.4 cm³/mol. The highest BCUT2D eigenvalue weighted by Gasteiger charge is 2.20. The molecule has 0 bridgehead atoms. The largest absolute Gasteiger partial charge is 0.350 e. The summed E-state index contributed by atoms with van der Waals surface area (Å²) in [7, 11) is 0. The number of hydrogen-bond donors (Lipinski definition) is 1. The Hall–Kier alpha value is -2.63. The summed E-state index contributed by atoms with van der Waals surface area (Å²) in [5, 5.41) is 7.35. The van der Waals surface area contributed by atoms with E-state index in [0.29, 0.717) is 19.5 Å². The number of nitrogens with one attached hydrogen (secondary N) is 1. The van der Waals surface area contributed by atoms with Gasteiger partial charge in [-0.25, -0.2) is 0 Å². The van der Waals surface area contributed by atoms with E-state index >= 15 is 0 Å². The van der Waals surface area contributed by atoms with E-state index < -0.39 is 0 Å². The second-order valence-corrected chi connectivity index (χ2v) is 7.00. The number of amides is 2. The second kappa shape index (κ2) is 7.72. The standard InChI is InChI=1S/C20H26N4O2/c1-14-11-15(2)24(22-14)16(3)20(26)21-12-17-6-8-18(9-7-17)13-23-10-4-5-19(23)25/h6-9,11,16H,4-5,10,12-13H2,1-3H3,(H,21,26)/t16-/m1/s1. The van der Waals surface area contributed by atoms with Gasteiger partial charge in [-0.05, 0) is 44.4 Å². The zero-order valence-corrected chi connectivity index (χ0v) is 15.7. The molecular weight excluding hydrogens is 328 g/mol. The van der Waals surface area contributed by atoms with Gasteiger partial charge in [0.1, 0.15) is 6.04 Å². The lowest BCUT2D eigenvalue weighted by molar-refractivity contribution is -0.128. The summed E-state index contributed by atoms with van der Waals surface area (Å²) in [6, 6.07) is 9.68. The van der Waals surface area contributed by atoms with Crippen molar-refractivity contribution in [1.29, 1.82) is 0 Å². The molecule has 26 heavy (non-hydrogen) atoms. The van der Waals surface area contributed by atoms with Crippen molar-refractivity contribution in [1.82, 2.24) is 20.0 Å². The summed E-state index contributed by atoms with van der Waals surface area (Å²) in [6.45, 7) is 7.72. The first kappa shape index (κ1) is 18.2. The molecule has 6 nitrogen and oxygen atoms in total. The molecule has 2 amide bonds. The number of carbonyl (C=O) groups excluding carboxylic acids is 2. The van der Waals surface area contributed by atoms with Gasteiger partial charge in [-0.3, -0.25) is 14.3 Å². The fourth-order valence-corrected chi connectivity index (χ4v) is 3.34. The van der Waals surface area contributed by atoms with Crippen molar-refractivity contribution >= 4 is 11.8 Å². The topological polar surface area (TPSA) is 67.2 Å². The molecule has 1 atom stereocenters. The number of carbonyl (C=O) groups is 2. The maximum atomic E-state index is 12.4. The first-order chi connectivity index (χ1) is 12.4. The van der Waals surface area contributed by atoms with Crippen LogP contribution in [-0.4, -0.2) is 33.0 Å². The van der Waals surface area contributed by atoms with Crippen molar-refractivity contribution in [3.8, 4) is 0 Å². The minimum atomic E-state index is -0.343. The first-order valence-corrected chi connectivity index (χ1v) is 9.10. The second-order valence-electron chi connectivity index (χ2n) is 7.00. The Bertz CT molecular complexity index is 795. The molecule has 0 radical (unpaired) electrons. The number of aryl methyl sites for hydroxylation is 2. The predicted octanol–water partition coefficient (Wildman–Crippen LogP) is 2.50. The third-order valence-electron chi connectivity index (χ3n) is 4.83. The summed E-state index contributed by atoms with van der Waals surface area (Å²) in [6.07, 6.45) is 1.62. The lowest BCUT2D eigenvalue weighted by Gasteiger charge is -2.16. The van der Waals surface area contributed by atoms with E-state index in [1.165, 1.54) is 0 Å². The molecule has 1 aliphatic rings. The van der Waals surface area contributed by atoms with Crippen LogP contribution < -0.4 is 5.32 Å². The molecule has 1 aliphatic heterocycles. The minimum Gasteiger partial charge on any atom is -0.350 e. The Morgan fingerprint density at radius 2 is 1.92 bits per heavy atom. The summed E-state index contributed by atoms with van der Waals surface area (Å²) in [5.41, 5.74) is 4.04. The van der Waals surface area contributed by atoms with Gasteiger partial charge in [0.25, 0.3) is 0 Å². The molecule has 0 unspecified atom stereocenters. The lowest BCUT2D eigenvalue weighted by atomic mass is 10.1. The van der Waals surface area contributed by atoms with E-state index in [4.69, 9.17) is 0 Å². The average Bonchev–Trinajstić information content (AvgIpc) is 3.18. The molecule has 2 aromatic rings. The summed E-state index contributed by atoms with van der Waals surface area (Å²) < 4.78 is 1.75. The maximum absolute atomic E-state index is 12.4. The van der Waals surface area contributed by atoms with Crippen LogP contribution in [0.25, 0.3) is 0 Å². The number of hydrogen-bond acceptors (Lipinski definition) is 3. The van der Waals surface area contributed by atoms with E-state index in [9.17, 15) is 9.59 Å². The molecule has 1 N–H and O–H groups in total. The van der Waals surface area contributed by atoms with Crippen LogP contribution in [0.15, 0.2) is 30.3 Å². The summed E-state index contributed by atoms with van der Waals surface area (Å²) >= 11 is 0. The van der Waals surface area contributed by atoms with Crippen molar-refractivity contribution in [2.24, 2.45) is 0 Å². The molecule has 138 valence electrons. The number of likely N-dealkylation sites (tertiary alicyclic amines) is 1. The summed E-state index contributed by atoms with van der Waals surface area (Å²) in [5.74, 6) is 0.183. The molecule has 0 saturated carbocycles. The van der Waals surface area contributed by atoms with Gasteiger partial charge >= 0.3 is 0 Å². The van der Waals surface area contributed by atoms with Gasteiger partial charge in [0, 0.05) is 31.7 Å². The molecule has 1 aromatic heterocycles. The molecule has 1 saturated heterocycles. The molecule has 6 heteroatoms. The Labute approximate surface area is 154 Å². The lowest BCUT2D eigenvalue weighted by Crippen LogP contribution is -2.31. The first-order valence-electron chi connectivity index (χ1n) is 9.10. The average molecular weight is 354 g/mol. The fraction of sp³-hybridized carbons (Fsp3) is 0.450. The van der Waals surface area contributed by atoms with E-state index in [1.54, 1.807) is 4.68 Å². The van der Waals surface area contributed by atoms with Crippen LogP contribution in [0.4, 0.5) is 0 Å². The third-order valence-corrected chi connectivity index (χ3v) is 4.83. The van der Waals surface area contributed by atoms with Gasteiger partial charge < -0.3 is 10.2 Å². The van der Waals surface area contributed by atoms with Gasteiger partial charge in [-0.1, -0.05) is 24.3 Å². The summed E-state index contributed by atoms with van der Waals surface area (Å²) in [4.78, 5) is 26.0. The van der Waals surface area contributed by atoms with Crippen molar-refractivity contribution in [3.63, 3.8) is 0 Å².